The fourth-order valence-corrected chi connectivity index (χ4v) is 17.9. The Morgan fingerprint density at radius 1 is 0.147 bits per heavy atom. The van der Waals surface area contributed by atoms with Gasteiger partial charge in [-0.3, -0.25) is 0 Å². The van der Waals surface area contributed by atoms with Crippen LogP contribution in [0.15, 0.2) is 413 Å². The summed E-state index contributed by atoms with van der Waals surface area (Å²) in [5, 5.41) is 19.3. The van der Waals surface area contributed by atoms with Gasteiger partial charge in [0.05, 0.1) is 66.9 Å². The van der Waals surface area contributed by atoms with Gasteiger partial charge in [0.25, 0.3) is 0 Å². The highest BCUT2D eigenvalue weighted by atomic mass is 15.0. The van der Waals surface area contributed by atoms with E-state index in [1.165, 1.54) is 97.7 Å². The molecule has 0 atom stereocenters. The molecule has 18 aromatic carbocycles. The molecule has 0 aliphatic carbocycles. The molecular weight excluding hydrogens is 1410 g/mol. The zero-order chi connectivity index (χ0) is 76.3. The van der Waals surface area contributed by atoms with E-state index in [0.29, 0.717) is 11.6 Å². The monoisotopic (exact) mass is 1480 g/mol. The largest absolute Gasteiger partial charge is 0.309 e. The van der Waals surface area contributed by atoms with Crippen molar-refractivity contribution in [3.05, 3.63) is 413 Å². The Balaban J connectivity index is 0.000000137. The molecule has 0 saturated heterocycles. The van der Waals surface area contributed by atoms with Gasteiger partial charge in [-0.1, -0.05) is 285 Å². The highest BCUT2D eigenvalue weighted by Gasteiger charge is 2.24. The van der Waals surface area contributed by atoms with E-state index in [0.717, 1.165) is 111 Å². The molecular formula is C108H68N8. The SMILES string of the molecule is c1ccc(-c2cc(-c3cc(-n4c5ccccc5c5cc6c7ccccc7n(-c7ccccc7)c6cc54)cc4ccccc34)nc(-c3ccc4ccccc4c3)n2)cc1.c1ccc(-c2nc(-c3ccc4ccccc4c3)cc(-c3ccc4ccc(-n5c6ccccc6c6cc7c8ccccc8n(-c8ccccc8)c7cc65)cc4c3)n2)cc1. The molecule has 24 rings (SSSR count). The van der Waals surface area contributed by atoms with Crippen molar-refractivity contribution >= 4 is 130 Å². The number of aromatic nitrogens is 8. The van der Waals surface area contributed by atoms with Crippen molar-refractivity contribution in [1.29, 1.82) is 0 Å². The molecule has 0 bridgehead atoms. The molecule has 6 aromatic heterocycles. The normalized spacial score (nSPS) is 11.8. The van der Waals surface area contributed by atoms with Crippen molar-refractivity contribution in [2.45, 2.75) is 0 Å². The molecule has 6 heterocycles. The second kappa shape index (κ2) is 27.1. The Labute approximate surface area is 667 Å². The summed E-state index contributed by atoms with van der Waals surface area (Å²) in [7, 11) is 0. The second-order valence-corrected chi connectivity index (χ2v) is 30.1. The first-order chi connectivity index (χ1) is 57.5. The molecule has 0 unspecified atom stereocenters. The Morgan fingerprint density at radius 2 is 0.474 bits per heavy atom. The quantitative estimate of drug-likeness (QED) is 0.137. The van der Waals surface area contributed by atoms with Crippen molar-refractivity contribution in [3.63, 3.8) is 0 Å². The van der Waals surface area contributed by atoms with E-state index in [-0.39, 0.29) is 0 Å². The molecule has 0 aliphatic heterocycles. The van der Waals surface area contributed by atoms with Crippen LogP contribution < -0.4 is 0 Å². The Kier molecular flexibility index (Phi) is 15.5. The van der Waals surface area contributed by atoms with Crippen LogP contribution in [0.25, 0.3) is 221 Å². The van der Waals surface area contributed by atoms with E-state index in [9.17, 15) is 0 Å². The standard InChI is InChI=1S/2C54H34N4/c1-3-14-37(15-4-1)54-55-48(39-25-23-35-13-7-8-16-38(35)29-39)33-49(56-54)40-26-24-36-27-28-43(31-41(36)30-40)58-51-22-12-10-20-45(51)47-32-46-44-19-9-11-21-50(44)57(52(46)34-53(47)58)42-17-5-2-6-18-42;1-3-16-36(17-4-1)48-33-49(56-54(55-48)39-28-27-35-15-7-8-18-37(35)29-39)45-31-41(30-38-19-9-10-22-42(38)45)58-51-26-14-12-24-44(51)47-32-46-43-23-11-13-25-50(43)57(52(46)34-53(47)58)40-20-5-2-6-21-40/h2*1-34H. The average molecular weight is 1480 g/mol. The number of hydrogen-bond donors (Lipinski definition) is 0. The summed E-state index contributed by atoms with van der Waals surface area (Å²) in [6.07, 6.45) is 0. The molecule has 116 heavy (non-hydrogen) atoms. The number of benzene rings is 18. The van der Waals surface area contributed by atoms with Crippen LogP contribution in [-0.4, -0.2) is 38.2 Å². The molecule has 24 aromatic rings. The minimum Gasteiger partial charge on any atom is -0.309 e. The molecule has 8 heteroatoms. The first-order valence-corrected chi connectivity index (χ1v) is 39.5. The second-order valence-electron chi connectivity index (χ2n) is 30.1. The lowest BCUT2D eigenvalue weighted by molar-refractivity contribution is 1.16. The first kappa shape index (κ1) is 66.2. The first-order valence-electron chi connectivity index (χ1n) is 39.5. The minimum absolute atomic E-state index is 0.699. The lowest BCUT2D eigenvalue weighted by Gasteiger charge is -2.15. The number of hydrogen-bond acceptors (Lipinski definition) is 4. The van der Waals surface area contributed by atoms with Crippen LogP contribution in [0.3, 0.4) is 0 Å². The molecule has 0 N–H and O–H groups in total. The van der Waals surface area contributed by atoms with Crippen molar-refractivity contribution in [3.8, 4) is 90.6 Å². The molecule has 0 fully saturated rings. The summed E-state index contributed by atoms with van der Waals surface area (Å²) >= 11 is 0. The van der Waals surface area contributed by atoms with Crippen LogP contribution in [0.4, 0.5) is 0 Å². The van der Waals surface area contributed by atoms with Gasteiger partial charge in [-0.25, -0.2) is 19.9 Å². The summed E-state index contributed by atoms with van der Waals surface area (Å²) in [4.78, 5) is 20.9. The van der Waals surface area contributed by atoms with Gasteiger partial charge in [-0.15, -0.1) is 0 Å². The van der Waals surface area contributed by atoms with E-state index >= 15 is 0 Å². The predicted octanol–water partition coefficient (Wildman–Crippen LogP) is 28.0. The van der Waals surface area contributed by atoms with Crippen LogP contribution in [0, 0.1) is 0 Å². The maximum Gasteiger partial charge on any atom is 0.160 e. The summed E-state index contributed by atoms with van der Waals surface area (Å²) in [5.74, 6) is 1.41. The minimum atomic E-state index is 0.699. The van der Waals surface area contributed by atoms with Gasteiger partial charge in [0.2, 0.25) is 0 Å². The summed E-state index contributed by atoms with van der Waals surface area (Å²) in [6, 6.07) is 148. The molecule has 0 aliphatic rings. The highest BCUT2D eigenvalue weighted by Crippen LogP contribution is 2.45. The van der Waals surface area contributed by atoms with Crippen LogP contribution in [-0.2, 0) is 0 Å². The van der Waals surface area contributed by atoms with Crippen LogP contribution in [0.2, 0.25) is 0 Å². The number of nitrogens with zero attached hydrogens (tertiary/aromatic N) is 8. The van der Waals surface area contributed by atoms with Crippen LogP contribution in [0.5, 0.6) is 0 Å². The molecule has 8 nitrogen and oxygen atoms in total. The van der Waals surface area contributed by atoms with E-state index < -0.39 is 0 Å². The predicted molar refractivity (Wildman–Crippen MR) is 484 cm³/mol. The molecule has 540 valence electrons. The third-order valence-electron chi connectivity index (χ3n) is 23.3. The van der Waals surface area contributed by atoms with E-state index in [1.807, 2.05) is 24.3 Å². The lowest BCUT2D eigenvalue weighted by Crippen LogP contribution is -1.99. The molecule has 0 amide bonds. The van der Waals surface area contributed by atoms with Gasteiger partial charge in [0.15, 0.2) is 11.6 Å². The Hall–Kier alpha value is -15.6. The van der Waals surface area contributed by atoms with Crippen LogP contribution >= 0.6 is 0 Å². The molecule has 0 radical (unpaired) electrons. The highest BCUT2D eigenvalue weighted by molar-refractivity contribution is 6.21. The van der Waals surface area contributed by atoms with Gasteiger partial charge in [0.1, 0.15) is 0 Å². The van der Waals surface area contributed by atoms with E-state index in [1.54, 1.807) is 0 Å². The van der Waals surface area contributed by atoms with Gasteiger partial charge >= 0.3 is 0 Å². The third-order valence-corrected chi connectivity index (χ3v) is 23.3. The number of para-hydroxylation sites is 6. The van der Waals surface area contributed by atoms with Crippen molar-refractivity contribution in [1.82, 2.24) is 38.2 Å². The van der Waals surface area contributed by atoms with E-state index in [2.05, 4.69) is 407 Å². The maximum absolute atomic E-state index is 5.39. The third kappa shape index (κ3) is 11.1. The average Bonchev–Trinajstić information content (AvgIpc) is 1.55. The van der Waals surface area contributed by atoms with Gasteiger partial charge < -0.3 is 18.3 Å². The molecule has 0 saturated carbocycles. The zero-order valence-electron chi connectivity index (χ0n) is 62.8. The summed E-state index contributed by atoms with van der Waals surface area (Å²) in [5.41, 5.74) is 23.6. The van der Waals surface area contributed by atoms with Crippen molar-refractivity contribution < 1.29 is 0 Å². The number of fused-ring (bicyclic) bond motifs is 16. The van der Waals surface area contributed by atoms with Crippen molar-refractivity contribution in [2.75, 3.05) is 0 Å². The summed E-state index contributed by atoms with van der Waals surface area (Å²) in [6.45, 7) is 0. The summed E-state index contributed by atoms with van der Waals surface area (Å²) < 4.78 is 9.67. The topological polar surface area (TPSA) is 71.3 Å². The zero-order valence-corrected chi connectivity index (χ0v) is 62.8. The number of rotatable bonds is 10. The van der Waals surface area contributed by atoms with Gasteiger partial charge in [-0.2, -0.15) is 0 Å². The smallest absolute Gasteiger partial charge is 0.160 e. The van der Waals surface area contributed by atoms with Gasteiger partial charge in [0, 0.05) is 99.2 Å². The van der Waals surface area contributed by atoms with Crippen molar-refractivity contribution in [2.24, 2.45) is 0 Å². The Morgan fingerprint density at radius 3 is 0.974 bits per heavy atom. The van der Waals surface area contributed by atoms with Crippen LogP contribution in [0.1, 0.15) is 0 Å². The fraction of sp³-hybridized carbons (Fsp3) is 0. The molecule has 0 spiro atoms. The Bertz CT molecular complexity index is 8070. The lowest BCUT2D eigenvalue weighted by atomic mass is 9.99. The van der Waals surface area contributed by atoms with Gasteiger partial charge in [-0.05, 0) is 170 Å². The fourth-order valence-electron chi connectivity index (χ4n) is 17.9. The van der Waals surface area contributed by atoms with E-state index in [4.69, 9.17) is 19.9 Å². The maximum atomic E-state index is 5.39.